The van der Waals surface area contributed by atoms with Gasteiger partial charge in [-0.1, -0.05) is 35.8 Å². The molecule has 0 saturated heterocycles. The Labute approximate surface area is 191 Å². The minimum absolute atomic E-state index is 0. The van der Waals surface area contributed by atoms with Gasteiger partial charge in [-0.05, 0) is 30.2 Å². The second-order valence-electron chi connectivity index (χ2n) is 6.49. The molecule has 0 saturated carbocycles. The molecule has 0 radical (unpaired) electrons. The highest BCUT2D eigenvalue weighted by Crippen LogP contribution is 2.18. The highest BCUT2D eigenvalue weighted by atomic mass is 127. The second-order valence-corrected chi connectivity index (χ2v) is 6.93. The number of guanidine groups is 1. The van der Waals surface area contributed by atoms with E-state index in [2.05, 4.69) is 44.8 Å². The highest BCUT2D eigenvalue weighted by molar-refractivity contribution is 14.0. The van der Waals surface area contributed by atoms with Crippen molar-refractivity contribution in [2.24, 2.45) is 4.99 Å². The zero-order valence-corrected chi connectivity index (χ0v) is 19.6. The molecule has 0 amide bonds. The Kier molecular flexibility index (Phi) is 8.90. The summed E-state index contributed by atoms with van der Waals surface area (Å²) in [5.74, 6) is 2.84. The molecule has 0 aliphatic rings. The van der Waals surface area contributed by atoms with Gasteiger partial charge >= 0.3 is 0 Å². The van der Waals surface area contributed by atoms with Gasteiger partial charge in [-0.25, -0.2) is 0 Å². The molecule has 0 fully saturated rings. The van der Waals surface area contributed by atoms with E-state index in [9.17, 15) is 0 Å². The van der Waals surface area contributed by atoms with Crippen molar-refractivity contribution >= 4 is 41.5 Å². The fourth-order valence-corrected chi connectivity index (χ4v) is 2.56. The molecule has 2 aromatic heterocycles. The third-order valence-corrected chi connectivity index (χ3v) is 4.28. The fourth-order valence-electron chi connectivity index (χ4n) is 2.44. The van der Waals surface area contributed by atoms with E-state index >= 15 is 0 Å². The highest BCUT2D eigenvalue weighted by Gasteiger charge is 2.10. The molecule has 3 aromatic rings. The van der Waals surface area contributed by atoms with E-state index in [1.807, 2.05) is 18.2 Å². The van der Waals surface area contributed by atoms with Crippen LogP contribution in [0.5, 0.6) is 0 Å². The molecule has 2 heterocycles. The van der Waals surface area contributed by atoms with Crippen molar-refractivity contribution < 1.29 is 9.05 Å². The molecule has 2 N–H and O–H groups in total. The molecule has 0 aliphatic heterocycles. The summed E-state index contributed by atoms with van der Waals surface area (Å²) < 4.78 is 10.6. The van der Waals surface area contributed by atoms with Crippen LogP contribution in [0.15, 0.2) is 44.4 Å². The standard InChI is InChI=1S/C19H23ClN6O2.HI/c1-12(2)16-10-15(27-25-16)11-23-19(21-3)22-9-8-17-24-18(26-28-17)13-4-6-14(20)7-5-13;/h4-7,10,12H,8-9,11H2,1-3H3,(H2,21,22,23);1H. The van der Waals surface area contributed by atoms with Crippen molar-refractivity contribution in [1.82, 2.24) is 25.9 Å². The van der Waals surface area contributed by atoms with Crippen molar-refractivity contribution in [3.63, 3.8) is 0 Å². The van der Waals surface area contributed by atoms with E-state index in [0.29, 0.717) is 48.1 Å². The monoisotopic (exact) mass is 530 g/mol. The van der Waals surface area contributed by atoms with Crippen molar-refractivity contribution in [3.8, 4) is 11.4 Å². The Morgan fingerprint density at radius 1 is 1.14 bits per heavy atom. The van der Waals surface area contributed by atoms with Crippen molar-refractivity contribution in [2.75, 3.05) is 13.6 Å². The third-order valence-electron chi connectivity index (χ3n) is 4.02. The van der Waals surface area contributed by atoms with Gasteiger partial charge in [0.05, 0.1) is 12.2 Å². The molecule has 0 aliphatic carbocycles. The lowest BCUT2D eigenvalue weighted by Gasteiger charge is -2.09. The van der Waals surface area contributed by atoms with Gasteiger partial charge < -0.3 is 19.7 Å². The van der Waals surface area contributed by atoms with Crippen LogP contribution in [0.3, 0.4) is 0 Å². The number of benzene rings is 1. The predicted octanol–water partition coefficient (Wildman–Crippen LogP) is 4.03. The summed E-state index contributed by atoms with van der Waals surface area (Å²) in [5, 5.41) is 15.1. The smallest absolute Gasteiger partial charge is 0.228 e. The maximum absolute atomic E-state index is 5.90. The van der Waals surface area contributed by atoms with Crippen LogP contribution in [0.2, 0.25) is 5.02 Å². The summed E-state index contributed by atoms with van der Waals surface area (Å²) in [7, 11) is 1.71. The van der Waals surface area contributed by atoms with Crippen LogP contribution >= 0.6 is 35.6 Å². The van der Waals surface area contributed by atoms with E-state index < -0.39 is 0 Å². The molecular weight excluding hydrogens is 507 g/mol. The molecule has 0 unspecified atom stereocenters. The lowest BCUT2D eigenvalue weighted by atomic mass is 10.1. The molecule has 3 rings (SSSR count). The largest absolute Gasteiger partial charge is 0.359 e. The van der Waals surface area contributed by atoms with Gasteiger partial charge in [-0.15, -0.1) is 24.0 Å². The summed E-state index contributed by atoms with van der Waals surface area (Å²) in [6.45, 7) is 5.24. The first-order chi connectivity index (χ1) is 13.5. The van der Waals surface area contributed by atoms with Gasteiger partial charge in [0.25, 0.3) is 0 Å². The quantitative estimate of drug-likeness (QED) is 0.270. The first-order valence-corrected chi connectivity index (χ1v) is 9.41. The van der Waals surface area contributed by atoms with Crippen LogP contribution in [0, 0.1) is 0 Å². The van der Waals surface area contributed by atoms with Crippen LogP contribution < -0.4 is 10.6 Å². The maximum atomic E-state index is 5.90. The molecule has 0 atom stereocenters. The van der Waals surface area contributed by atoms with Crippen molar-refractivity contribution in [1.29, 1.82) is 0 Å². The number of aromatic nitrogens is 3. The Morgan fingerprint density at radius 2 is 1.90 bits per heavy atom. The van der Waals surface area contributed by atoms with Crippen molar-refractivity contribution in [2.45, 2.75) is 32.7 Å². The number of hydrogen-bond donors (Lipinski definition) is 2. The van der Waals surface area contributed by atoms with Crippen LogP contribution in [0.25, 0.3) is 11.4 Å². The molecule has 8 nitrogen and oxygen atoms in total. The van der Waals surface area contributed by atoms with Gasteiger partial charge in [-0.2, -0.15) is 4.98 Å². The molecule has 10 heteroatoms. The molecular formula is C19H24ClIN6O2. The Bertz CT molecular complexity index is 923. The van der Waals surface area contributed by atoms with E-state index in [1.54, 1.807) is 19.2 Å². The molecule has 0 spiro atoms. The Hall–Kier alpha value is -2.14. The molecule has 1 aromatic carbocycles. The first-order valence-electron chi connectivity index (χ1n) is 9.03. The summed E-state index contributed by atoms with van der Waals surface area (Å²) in [6, 6.07) is 9.25. The third kappa shape index (κ3) is 6.70. The zero-order valence-electron chi connectivity index (χ0n) is 16.5. The Balaban J connectivity index is 0.00000300. The van der Waals surface area contributed by atoms with Gasteiger partial charge in [0.2, 0.25) is 11.7 Å². The SMILES string of the molecule is CN=C(NCCc1nc(-c2ccc(Cl)cc2)no1)NCc1cc(C(C)C)no1.I. The summed E-state index contributed by atoms with van der Waals surface area (Å²) in [5.41, 5.74) is 1.80. The van der Waals surface area contributed by atoms with Crippen LogP contribution in [-0.2, 0) is 13.0 Å². The lowest BCUT2D eigenvalue weighted by molar-refractivity contribution is 0.371. The average Bonchev–Trinajstić information content (AvgIpc) is 3.35. The van der Waals surface area contributed by atoms with Crippen molar-refractivity contribution in [3.05, 3.63) is 52.7 Å². The predicted molar refractivity (Wildman–Crippen MR) is 123 cm³/mol. The molecule has 0 bridgehead atoms. The zero-order chi connectivity index (χ0) is 19.9. The second kappa shape index (κ2) is 11.1. The lowest BCUT2D eigenvalue weighted by Crippen LogP contribution is -2.37. The van der Waals surface area contributed by atoms with E-state index in [0.717, 1.165) is 17.0 Å². The summed E-state index contributed by atoms with van der Waals surface area (Å²) >= 11 is 5.90. The number of aliphatic imine (C=N–C) groups is 1. The van der Waals surface area contributed by atoms with Gasteiger partial charge in [0.1, 0.15) is 0 Å². The number of hydrogen-bond acceptors (Lipinski definition) is 6. The normalized spacial score (nSPS) is 11.4. The molecule has 29 heavy (non-hydrogen) atoms. The number of nitrogens with one attached hydrogen (secondary N) is 2. The number of rotatable bonds is 7. The van der Waals surface area contributed by atoms with Gasteiger partial charge in [0, 0.05) is 36.7 Å². The first kappa shape index (κ1) is 23.1. The van der Waals surface area contributed by atoms with E-state index in [-0.39, 0.29) is 24.0 Å². The van der Waals surface area contributed by atoms with Crippen LogP contribution in [0.4, 0.5) is 0 Å². The topological polar surface area (TPSA) is 101 Å². The summed E-state index contributed by atoms with van der Waals surface area (Å²) in [4.78, 5) is 8.59. The Morgan fingerprint density at radius 3 is 2.55 bits per heavy atom. The van der Waals surface area contributed by atoms with Crippen LogP contribution in [0.1, 0.15) is 37.1 Å². The maximum Gasteiger partial charge on any atom is 0.228 e. The average molecular weight is 531 g/mol. The summed E-state index contributed by atoms with van der Waals surface area (Å²) in [6.07, 6.45) is 0.571. The van der Waals surface area contributed by atoms with Gasteiger partial charge in [0.15, 0.2) is 11.7 Å². The van der Waals surface area contributed by atoms with E-state index in [1.165, 1.54) is 0 Å². The van der Waals surface area contributed by atoms with Gasteiger partial charge in [-0.3, -0.25) is 4.99 Å². The minimum atomic E-state index is 0. The molecule has 156 valence electrons. The number of nitrogens with zero attached hydrogens (tertiary/aromatic N) is 4. The van der Waals surface area contributed by atoms with Crippen LogP contribution in [-0.4, -0.2) is 34.8 Å². The minimum Gasteiger partial charge on any atom is -0.359 e. The van der Waals surface area contributed by atoms with E-state index in [4.69, 9.17) is 20.6 Å². The number of halogens is 2. The fraction of sp³-hybridized carbons (Fsp3) is 0.368.